The fourth-order valence-electron chi connectivity index (χ4n) is 4.69. The van der Waals surface area contributed by atoms with Crippen LogP contribution in [0.1, 0.15) is 36.2 Å². The van der Waals surface area contributed by atoms with E-state index in [1.165, 1.54) is 12.3 Å². The van der Waals surface area contributed by atoms with Crippen LogP contribution < -0.4 is 0 Å². The van der Waals surface area contributed by atoms with Gasteiger partial charge in [0.05, 0.1) is 25.3 Å². The highest BCUT2D eigenvalue weighted by atomic mass is 16.5. The molecule has 3 fully saturated rings. The predicted octanol–water partition coefficient (Wildman–Crippen LogP) is 0.963. The Morgan fingerprint density at radius 1 is 1.00 bits per heavy atom. The van der Waals surface area contributed by atoms with Crippen LogP contribution in [0.3, 0.4) is 0 Å². The molecule has 1 aromatic heterocycles. The lowest BCUT2D eigenvalue weighted by Crippen LogP contribution is -2.53. The van der Waals surface area contributed by atoms with Crippen LogP contribution >= 0.6 is 0 Å². The molecular formula is C21H30N4O4. The SMILES string of the molecule is O=C(c1ccc(O)cn1)N1CCC(N2CCCC(C(=O)N3CCOCC3)C2)CC1. The van der Waals surface area contributed by atoms with Crippen LogP contribution in [-0.4, -0.2) is 95.1 Å². The molecule has 2 amide bonds. The van der Waals surface area contributed by atoms with Crippen molar-refractivity contribution in [2.45, 2.75) is 31.7 Å². The normalized spacial score (nSPS) is 24.5. The summed E-state index contributed by atoms with van der Waals surface area (Å²) >= 11 is 0. The molecule has 0 aromatic carbocycles. The number of aromatic hydroxyl groups is 1. The number of amides is 2. The van der Waals surface area contributed by atoms with Gasteiger partial charge in [0.1, 0.15) is 11.4 Å². The van der Waals surface area contributed by atoms with Crippen LogP contribution in [0.5, 0.6) is 5.75 Å². The number of morpholine rings is 1. The van der Waals surface area contributed by atoms with Gasteiger partial charge >= 0.3 is 0 Å². The number of carbonyl (C=O) groups is 2. The van der Waals surface area contributed by atoms with Crippen molar-refractivity contribution in [1.29, 1.82) is 0 Å². The molecule has 8 heteroatoms. The highest BCUT2D eigenvalue weighted by molar-refractivity contribution is 5.92. The number of nitrogens with zero attached hydrogens (tertiary/aromatic N) is 4. The van der Waals surface area contributed by atoms with Crippen molar-refractivity contribution in [1.82, 2.24) is 19.7 Å². The van der Waals surface area contributed by atoms with E-state index in [2.05, 4.69) is 9.88 Å². The van der Waals surface area contributed by atoms with E-state index >= 15 is 0 Å². The molecule has 29 heavy (non-hydrogen) atoms. The van der Waals surface area contributed by atoms with Crippen LogP contribution in [0.15, 0.2) is 18.3 Å². The molecule has 158 valence electrons. The van der Waals surface area contributed by atoms with Gasteiger partial charge < -0.3 is 19.6 Å². The fourth-order valence-corrected chi connectivity index (χ4v) is 4.69. The highest BCUT2D eigenvalue weighted by Crippen LogP contribution is 2.26. The Hall–Kier alpha value is -2.19. The molecule has 1 N–H and O–H groups in total. The Morgan fingerprint density at radius 3 is 2.45 bits per heavy atom. The maximum absolute atomic E-state index is 12.9. The van der Waals surface area contributed by atoms with Crippen LogP contribution in [0.2, 0.25) is 0 Å². The maximum atomic E-state index is 12.9. The molecule has 8 nitrogen and oxygen atoms in total. The van der Waals surface area contributed by atoms with Crippen molar-refractivity contribution >= 4 is 11.8 Å². The molecule has 3 aliphatic heterocycles. The summed E-state index contributed by atoms with van der Waals surface area (Å²) < 4.78 is 5.37. The second-order valence-corrected chi connectivity index (χ2v) is 8.20. The number of aromatic nitrogens is 1. The quantitative estimate of drug-likeness (QED) is 0.811. The lowest BCUT2D eigenvalue weighted by Gasteiger charge is -2.43. The Kier molecular flexibility index (Phi) is 6.30. The van der Waals surface area contributed by atoms with Gasteiger partial charge in [-0.25, -0.2) is 4.98 Å². The topological polar surface area (TPSA) is 86.2 Å². The van der Waals surface area contributed by atoms with Crippen molar-refractivity contribution in [3.05, 3.63) is 24.0 Å². The molecule has 1 aromatic rings. The minimum absolute atomic E-state index is 0.0616. The third-order valence-electron chi connectivity index (χ3n) is 6.36. The van der Waals surface area contributed by atoms with E-state index in [4.69, 9.17) is 4.74 Å². The van der Waals surface area contributed by atoms with Gasteiger partial charge in [-0.3, -0.25) is 14.5 Å². The average Bonchev–Trinajstić information content (AvgIpc) is 2.79. The third kappa shape index (κ3) is 4.70. The molecular weight excluding hydrogens is 372 g/mol. The van der Waals surface area contributed by atoms with Gasteiger partial charge in [-0.05, 0) is 44.4 Å². The molecule has 0 spiro atoms. The number of hydrogen-bond donors (Lipinski definition) is 1. The van der Waals surface area contributed by atoms with Gasteiger partial charge in [-0.2, -0.15) is 0 Å². The fraction of sp³-hybridized carbons (Fsp3) is 0.667. The van der Waals surface area contributed by atoms with E-state index in [1.807, 2.05) is 9.80 Å². The Bertz CT molecular complexity index is 712. The highest BCUT2D eigenvalue weighted by Gasteiger charge is 2.34. The summed E-state index contributed by atoms with van der Waals surface area (Å²) in [5.41, 5.74) is 0.371. The van der Waals surface area contributed by atoms with Crippen molar-refractivity contribution in [3.8, 4) is 5.75 Å². The number of piperidine rings is 2. The Morgan fingerprint density at radius 2 is 1.76 bits per heavy atom. The molecule has 4 rings (SSSR count). The molecule has 0 bridgehead atoms. The van der Waals surface area contributed by atoms with E-state index < -0.39 is 0 Å². The standard InChI is InChI=1S/C21H30N4O4/c26-18-3-4-19(22-14-18)21(28)23-8-5-17(6-9-23)25-7-1-2-16(15-25)20(27)24-10-12-29-13-11-24/h3-4,14,16-17,26H,1-2,5-13,15H2. The second kappa shape index (κ2) is 9.09. The summed E-state index contributed by atoms with van der Waals surface area (Å²) in [7, 11) is 0. The van der Waals surface area contributed by atoms with Crippen LogP contribution in [0.4, 0.5) is 0 Å². The van der Waals surface area contributed by atoms with Gasteiger partial charge in [0.25, 0.3) is 5.91 Å². The Labute approximate surface area is 171 Å². The molecule has 0 radical (unpaired) electrons. The number of carbonyl (C=O) groups excluding carboxylic acids is 2. The van der Waals surface area contributed by atoms with Gasteiger partial charge in [0.15, 0.2) is 0 Å². The summed E-state index contributed by atoms with van der Waals surface area (Å²) in [5.74, 6) is 0.348. The van der Waals surface area contributed by atoms with E-state index in [9.17, 15) is 14.7 Å². The summed E-state index contributed by atoms with van der Waals surface area (Å²) in [4.78, 5) is 35.8. The summed E-state index contributed by atoms with van der Waals surface area (Å²) in [5, 5.41) is 9.35. The minimum atomic E-state index is -0.0811. The van der Waals surface area contributed by atoms with Crippen molar-refractivity contribution in [2.75, 3.05) is 52.5 Å². The first kappa shape index (κ1) is 20.1. The van der Waals surface area contributed by atoms with Crippen molar-refractivity contribution < 1.29 is 19.4 Å². The van der Waals surface area contributed by atoms with E-state index in [-0.39, 0.29) is 23.5 Å². The first-order valence-electron chi connectivity index (χ1n) is 10.7. The molecule has 0 saturated carbocycles. The lowest BCUT2D eigenvalue weighted by molar-refractivity contribution is -0.141. The third-order valence-corrected chi connectivity index (χ3v) is 6.36. The van der Waals surface area contributed by atoms with Gasteiger partial charge in [0, 0.05) is 38.8 Å². The molecule has 1 unspecified atom stereocenters. The smallest absolute Gasteiger partial charge is 0.272 e. The van der Waals surface area contributed by atoms with E-state index in [0.717, 1.165) is 38.8 Å². The summed E-state index contributed by atoms with van der Waals surface area (Å²) in [6.07, 6.45) is 5.16. The van der Waals surface area contributed by atoms with E-state index in [1.54, 1.807) is 6.07 Å². The molecule has 1 atom stereocenters. The lowest BCUT2D eigenvalue weighted by atomic mass is 9.92. The monoisotopic (exact) mass is 402 g/mol. The van der Waals surface area contributed by atoms with Gasteiger partial charge in [-0.15, -0.1) is 0 Å². The first-order valence-corrected chi connectivity index (χ1v) is 10.7. The predicted molar refractivity (Wildman–Crippen MR) is 107 cm³/mol. The minimum Gasteiger partial charge on any atom is -0.506 e. The number of hydrogen-bond acceptors (Lipinski definition) is 6. The van der Waals surface area contributed by atoms with Gasteiger partial charge in [-0.1, -0.05) is 0 Å². The summed E-state index contributed by atoms with van der Waals surface area (Å²) in [6.45, 7) is 5.96. The zero-order valence-corrected chi connectivity index (χ0v) is 16.8. The number of rotatable bonds is 3. The largest absolute Gasteiger partial charge is 0.506 e. The zero-order valence-electron chi connectivity index (χ0n) is 16.8. The van der Waals surface area contributed by atoms with Crippen LogP contribution in [-0.2, 0) is 9.53 Å². The van der Waals surface area contributed by atoms with Crippen LogP contribution in [0, 0.1) is 5.92 Å². The molecule has 3 aliphatic rings. The van der Waals surface area contributed by atoms with Crippen molar-refractivity contribution in [2.24, 2.45) is 5.92 Å². The number of ether oxygens (including phenoxy) is 1. The number of likely N-dealkylation sites (tertiary alicyclic amines) is 2. The number of pyridine rings is 1. The first-order chi connectivity index (χ1) is 14.1. The Balaban J connectivity index is 1.29. The molecule has 0 aliphatic carbocycles. The van der Waals surface area contributed by atoms with Gasteiger partial charge in [0.2, 0.25) is 5.91 Å². The van der Waals surface area contributed by atoms with E-state index in [0.29, 0.717) is 51.1 Å². The molecule has 4 heterocycles. The zero-order chi connectivity index (χ0) is 20.2. The summed E-state index contributed by atoms with van der Waals surface area (Å²) in [6, 6.07) is 3.48. The molecule has 3 saturated heterocycles. The van der Waals surface area contributed by atoms with Crippen LogP contribution in [0.25, 0.3) is 0 Å². The van der Waals surface area contributed by atoms with Crippen molar-refractivity contribution in [3.63, 3.8) is 0 Å². The average molecular weight is 402 g/mol. The maximum Gasteiger partial charge on any atom is 0.272 e. The second-order valence-electron chi connectivity index (χ2n) is 8.20.